The third kappa shape index (κ3) is 1.81. The Morgan fingerprint density at radius 1 is 1.39 bits per heavy atom. The fourth-order valence-corrected chi connectivity index (χ4v) is 4.62. The molecule has 0 saturated heterocycles. The first-order valence-corrected chi connectivity index (χ1v) is 8.00. The second kappa shape index (κ2) is 4.63. The first-order valence-electron chi connectivity index (χ1n) is 8.00. The fraction of sp³-hybridized carbons (Fsp3) is 0.421. The summed E-state index contributed by atoms with van der Waals surface area (Å²) in [6.07, 6.45) is 2.42. The smallest absolute Gasteiger partial charge is 0.507 e. The fourth-order valence-electron chi connectivity index (χ4n) is 4.62. The number of phenolic OH excluding ortho intramolecular Hbond substituents is 1. The summed E-state index contributed by atoms with van der Waals surface area (Å²) < 4.78 is 10.3. The number of phenols is 1. The van der Waals surface area contributed by atoms with Crippen LogP contribution in [0.2, 0.25) is 0 Å². The maximum absolute atomic E-state index is 11.8. The zero-order valence-electron chi connectivity index (χ0n) is 13.6. The lowest BCUT2D eigenvalue weighted by Gasteiger charge is -2.28. The minimum Gasteiger partial charge on any atom is -0.507 e. The Morgan fingerprint density at radius 2 is 2.17 bits per heavy atom. The first-order chi connectivity index (χ1) is 11.0. The van der Waals surface area contributed by atoms with Crippen molar-refractivity contribution >= 4 is 16.9 Å². The van der Waals surface area contributed by atoms with Gasteiger partial charge in [0.05, 0.1) is 7.11 Å². The van der Waals surface area contributed by atoms with Crippen LogP contribution < -0.4 is 4.74 Å². The largest absolute Gasteiger partial charge is 0.513 e. The van der Waals surface area contributed by atoms with Crippen LogP contribution in [-0.2, 0) is 10.2 Å². The summed E-state index contributed by atoms with van der Waals surface area (Å²) in [5, 5.41) is 12.5. The van der Waals surface area contributed by atoms with Gasteiger partial charge in [-0.25, -0.2) is 4.79 Å². The van der Waals surface area contributed by atoms with Crippen molar-refractivity contribution in [3.63, 3.8) is 0 Å². The molecule has 2 bridgehead atoms. The van der Waals surface area contributed by atoms with Gasteiger partial charge in [-0.15, -0.1) is 0 Å². The molecule has 2 aliphatic carbocycles. The number of ether oxygens (including phenoxy) is 2. The molecule has 1 saturated carbocycles. The molecule has 120 valence electrons. The van der Waals surface area contributed by atoms with Gasteiger partial charge in [-0.3, -0.25) is 0 Å². The monoisotopic (exact) mass is 312 g/mol. The highest BCUT2D eigenvalue weighted by Gasteiger charge is 2.50. The normalized spacial score (nSPS) is 24.7. The van der Waals surface area contributed by atoms with E-state index in [1.54, 1.807) is 0 Å². The first kappa shape index (κ1) is 14.4. The molecule has 0 amide bonds. The lowest BCUT2D eigenvalue weighted by Crippen LogP contribution is -2.18. The summed E-state index contributed by atoms with van der Waals surface area (Å²) >= 11 is 0. The molecule has 0 aliphatic heterocycles. The number of rotatable bonds is 1. The summed E-state index contributed by atoms with van der Waals surface area (Å²) in [6.45, 7) is 4.16. The minimum absolute atomic E-state index is 0.0315. The quantitative estimate of drug-likeness (QED) is 0.620. The van der Waals surface area contributed by atoms with E-state index >= 15 is 0 Å². The van der Waals surface area contributed by atoms with E-state index in [0.717, 1.165) is 46.7 Å². The van der Waals surface area contributed by atoms with Gasteiger partial charge >= 0.3 is 6.16 Å². The van der Waals surface area contributed by atoms with Crippen molar-refractivity contribution in [2.45, 2.75) is 44.4 Å². The SMILES string of the molecule is COC(=O)Oc1c2c(c(O)c3cccc(C)c13)C1(C)CCC2C1. The van der Waals surface area contributed by atoms with Gasteiger partial charge in [0.15, 0.2) is 0 Å². The highest BCUT2D eigenvalue weighted by molar-refractivity contribution is 6.00. The van der Waals surface area contributed by atoms with E-state index < -0.39 is 6.16 Å². The number of hydrogen-bond donors (Lipinski definition) is 1. The molecule has 0 spiro atoms. The van der Waals surface area contributed by atoms with E-state index in [0.29, 0.717) is 17.4 Å². The molecule has 4 heteroatoms. The van der Waals surface area contributed by atoms with E-state index in [1.165, 1.54) is 7.11 Å². The van der Waals surface area contributed by atoms with Gasteiger partial charge in [-0.05, 0) is 43.1 Å². The molecule has 2 unspecified atom stereocenters. The Labute approximate surface area is 135 Å². The third-order valence-electron chi connectivity index (χ3n) is 5.61. The molecule has 23 heavy (non-hydrogen) atoms. The topological polar surface area (TPSA) is 55.8 Å². The Kier molecular flexibility index (Phi) is 2.89. The van der Waals surface area contributed by atoms with E-state index in [1.807, 2.05) is 25.1 Å². The number of methoxy groups -OCH3 is 1. The predicted molar refractivity (Wildman–Crippen MR) is 87.3 cm³/mol. The summed E-state index contributed by atoms with van der Waals surface area (Å²) in [6, 6.07) is 5.77. The van der Waals surface area contributed by atoms with Gasteiger partial charge in [0, 0.05) is 21.9 Å². The number of aromatic hydroxyl groups is 1. The predicted octanol–water partition coefficient (Wildman–Crippen LogP) is 4.54. The lowest BCUT2D eigenvalue weighted by molar-refractivity contribution is 0.121. The van der Waals surface area contributed by atoms with Crippen LogP contribution in [0, 0.1) is 6.92 Å². The molecule has 4 nitrogen and oxygen atoms in total. The van der Waals surface area contributed by atoms with Crippen LogP contribution in [0.3, 0.4) is 0 Å². The van der Waals surface area contributed by atoms with Crippen LogP contribution in [0.1, 0.15) is 48.8 Å². The molecule has 2 aromatic rings. The number of fused-ring (bicyclic) bond motifs is 6. The Morgan fingerprint density at radius 3 is 2.91 bits per heavy atom. The second-order valence-corrected chi connectivity index (χ2v) is 7.02. The zero-order chi connectivity index (χ0) is 16.4. The van der Waals surface area contributed by atoms with Crippen LogP contribution in [-0.4, -0.2) is 18.4 Å². The Balaban J connectivity index is 2.11. The van der Waals surface area contributed by atoms with Crippen LogP contribution in [0.25, 0.3) is 10.8 Å². The molecule has 2 atom stereocenters. The van der Waals surface area contributed by atoms with Crippen molar-refractivity contribution in [2.75, 3.05) is 7.11 Å². The molecule has 0 radical (unpaired) electrons. The number of aryl methyl sites for hydroxylation is 1. The van der Waals surface area contributed by atoms with Crippen LogP contribution >= 0.6 is 0 Å². The van der Waals surface area contributed by atoms with E-state index in [2.05, 4.69) is 6.92 Å². The Hall–Kier alpha value is -2.23. The highest BCUT2D eigenvalue weighted by atomic mass is 16.7. The zero-order valence-corrected chi connectivity index (χ0v) is 13.6. The standard InChI is InChI=1S/C19H20O4/c1-10-5-4-6-12-13(10)17(23-18(21)22-3)14-11-7-8-19(2,9-11)15(14)16(12)20/h4-6,11,20H,7-9H2,1-3H3. The lowest BCUT2D eigenvalue weighted by atomic mass is 9.78. The summed E-state index contributed by atoms with van der Waals surface area (Å²) in [4.78, 5) is 11.8. The van der Waals surface area contributed by atoms with Gasteiger partial charge in [0.1, 0.15) is 11.5 Å². The molecular formula is C19H20O4. The van der Waals surface area contributed by atoms with Crippen molar-refractivity contribution in [1.29, 1.82) is 0 Å². The number of benzene rings is 2. The van der Waals surface area contributed by atoms with Gasteiger partial charge in [0.25, 0.3) is 0 Å². The molecule has 0 aromatic heterocycles. The molecule has 2 aromatic carbocycles. The third-order valence-corrected chi connectivity index (χ3v) is 5.61. The second-order valence-electron chi connectivity index (χ2n) is 7.02. The van der Waals surface area contributed by atoms with E-state index in [-0.39, 0.29) is 5.41 Å². The number of carbonyl (C=O) groups is 1. The van der Waals surface area contributed by atoms with Crippen molar-refractivity contribution < 1.29 is 19.4 Å². The molecule has 0 heterocycles. The van der Waals surface area contributed by atoms with Crippen LogP contribution in [0.4, 0.5) is 4.79 Å². The molecule has 4 rings (SSSR count). The number of hydrogen-bond acceptors (Lipinski definition) is 4. The highest BCUT2D eigenvalue weighted by Crippen LogP contribution is 2.63. The van der Waals surface area contributed by atoms with Crippen LogP contribution in [0.5, 0.6) is 11.5 Å². The molecular weight excluding hydrogens is 292 g/mol. The minimum atomic E-state index is -0.713. The van der Waals surface area contributed by atoms with Gasteiger partial charge in [0.2, 0.25) is 0 Å². The maximum atomic E-state index is 11.8. The van der Waals surface area contributed by atoms with E-state index in [9.17, 15) is 9.90 Å². The van der Waals surface area contributed by atoms with Gasteiger partial charge in [-0.1, -0.05) is 25.1 Å². The van der Waals surface area contributed by atoms with Crippen molar-refractivity contribution in [1.82, 2.24) is 0 Å². The Bertz CT molecular complexity index is 839. The summed E-state index contributed by atoms with van der Waals surface area (Å²) in [5.74, 6) is 1.26. The summed E-state index contributed by atoms with van der Waals surface area (Å²) in [5.41, 5.74) is 2.91. The van der Waals surface area contributed by atoms with Crippen LogP contribution in [0.15, 0.2) is 18.2 Å². The van der Waals surface area contributed by atoms with Gasteiger partial charge < -0.3 is 14.6 Å². The van der Waals surface area contributed by atoms with Gasteiger partial charge in [-0.2, -0.15) is 0 Å². The van der Waals surface area contributed by atoms with Crippen molar-refractivity contribution in [3.8, 4) is 11.5 Å². The summed E-state index contributed by atoms with van der Waals surface area (Å²) in [7, 11) is 1.31. The van der Waals surface area contributed by atoms with E-state index in [4.69, 9.17) is 9.47 Å². The van der Waals surface area contributed by atoms with Crippen molar-refractivity contribution in [2.24, 2.45) is 0 Å². The number of carbonyl (C=O) groups excluding carboxylic acids is 1. The molecule has 1 fully saturated rings. The average Bonchev–Trinajstić information content (AvgIpc) is 3.05. The maximum Gasteiger partial charge on any atom is 0.513 e. The average molecular weight is 312 g/mol. The molecule has 1 N–H and O–H groups in total. The molecule has 2 aliphatic rings. The van der Waals surface area contributed by atoms with Crippen molar-refractivity contribution in [3.05, 3.63) is 34.9 Å².